The second-order valence-corrected chi connectivity index (χ2v) is 17.1. The van der Waals surface area contributed by atoms with Crippen LogP contribution in [0.15, 0.2) is 102 Å². The molecule has 19 nitrogen and oxygen atoms in total. The van der Waals surface area contributed by atoms with E-state index in [1.54, 1.807) is 12.1 Å². The van der Waals surface area contributed by atoms with Crippen LogP contribution >= 0.6 is 95.6 Å². The number of aromatic nitrogens is 4. The van der Waals surface area contributed by atoms with E-state index in [4.69, 9.17) is 25.1 Å². The van der Waals surface area contributed by atoms with Gasteiger partial charge in [0, 0.05) is 31.5 Å². The van der Waals surface area contributed by atoms with E-state index >= 15 is 0 Å². The topological polar surface area (TPSA) is 307 Å². The van der Waals surface area contributed by atoms with Gasteiger partial charge in [0.15, 0.2) is 5.78 Å². The Labute approximate surface area is 427 Å². The number of carboxylic acids is 1. The van der Waals surface area contributed by atoms with E-state index in [-0.39, 0.29) is 79.3 Å². The number of aromatic hydroxyl groups is 3. The standard InChI is InChI=1S/C17H10Br2F3N3O4.C10H6Br2N2O3.C7H4Br2O3.C3H6N2O2.2CH4/c18-11-5-9(6-12(19)13(11)26)16-24-14(25-29-16)15(27)23-7-8-2-1-3-10(4-8)28-17(20,21)22;1-4(15)9-13-10(17-14-9)5-2-6(11)8(16)7(12)3-5;8-4-1-3(7(11)12)2-5(9)6(4)10;1-2(6)3(4)5-7;;/h1-6,26H,7H2,(H,23,27);2-3,16H,1H3;1-2,10H,(H,11,12);7H,1H3,(H2,4,5);2*1H4. The van der Waals surface area contributed by atoms with Crippen molar-refractivity contribution in [3.05, 3.63) is 110 Å². The van der Waals surface area contributed by atoms with Gasteiger partial charge in [-0.3, -0.25) is 14.4 Å². The van der Waals surface area contributed by atoms with Gasteiger partial charge in [0.1, 0.15) is 23.0 Å². The van der Waals surface area contributed by atoms with Crippen molar-refractivity contribution in [2.75, 3.05) is 0 Å². The fourth-order valence-corrected chi connectivity index (χ4v) is 7.73. The lowest BCUT2D eigenvalue weighted by Gasteiger charge is -2.10. The van der Waals surface area contributed by atoms with Gasteiger partial charge in [-0.05, 0) is 150 Å². The van der Waals surface area contributed by atoms with E-state index in [1.165, 1.54) is 50.2 Å². The van der Waals surface area contributed by atoms with Gasteiger partial charge in [-0.1, -0.05) is 42.5 Å². The predicted molar refractivity (Wildman–Crippen MR) is 256 cm³/mol. The minimum absolute atomic E-state index is 0. The highest BCUT2D eigenvalue weighted by atomic mass is 79.9. The number of ketones is 2. The molecule has 67 heavy (non-hydrogen) atoms. The number of nitrogens with zero attached hydrogens (tertiary/aromatic N) is 5. The number of phenols is 3. The lowest BCUT2D eigenvalue weighted by Crippen LogP contribution is -2.24. The molecule has 0 atom stereocenters. The van der Waals surface area contributed by atoms with Crippen LogP contribution in [0.3, 0.4) is 0 Å². The SMILES string of the molecule is C.C.CC(=O)/C(N)=N/O.CC(=O)c1noc(-c2cc(Br)c(O)c(Br)c2)n1.O=C(NCc1cccc(OC(F)(F)F)c1)c1noc(-c2cc(Br)c(O)c(Br)c2)n1.O=C(O)c1cc(Br)c(O)c(Br)c1. The molecule has 6 rings (SSSR count). The van der Waals surface area contributed by atoms with Crippen LogP contribution in [0.5, 0.6) is 23.0 Å². The first kappa shape index (κ1) is 59.6. The fourth-order valence-electron chi connectivity index (χ4n) is 4.17. The van der Waals surface area contributed by atoms with Crippen molar-refractivity contribution in [1.82, 2.24) is 25.6 Å². The summed E-state index contributed by atoms with van der Waals surface area (Å²) < 4.78 is 53.2. The van der Waals surface area contributed by atoms with Crippen LogP contribution in [-0.4, -0.2) is 81.6 Å². The van der Waals surface area contributed by atoms with Crippen LogP contribution < -0.4 is 15.8 Å². The van der Waals surface area contributed by atoms with E-state index in [2.05, 4.69) is 131 Å². The number of amides is 1. The Balaban J connectivity index is 0.000000500. The molecule has 0 bridgehead atoms. The summed E-state index contributed by atoms with van der Waals surface area (Å²) in [5.41, 5.74) is 6.32. The summed E-state index contributed by atoms with van der Waals surface area (Å²) in [7, 11) is 0. The fraction of sp³-hybridized carbons (Fsp3) is 0.154. The molecule has 0 radical (unpaired) electrons. The Morgan fingerprint density at radius 3 is 1.51 bits per heavy atom. The minimum Gasteiger partial charge on any atom is -0.506 e. The van der Waals surface area contributed by atoms with Gasteiger partial charge in [-0.15, -0.1) is 13.2 Å². The molecule has 0 spiro atoms. The van der Waals surface area contributed by atoms with Gasteiger partial charge in [0.25, 0.3) is 23.5 Å². The van der Waals surface area contributed by atoms with Crippen molar-refractivity contribution in [2.45, 2.75) is 41.6 Å². The molecule has 0 saturated carbocycles. The summed E-state index contributed by atoms with van der Waals surface area (Å²) in [6.07, 6.45) is -4.80. The molecule has 2 heterocycles. The first-order valence-electron chi connectivity index (χ1n) is 16.9. The van der Waals surface area contributed by atoms with Crippen molar-refractivity contribution >= 4 is 125 Å². The van der Waals surface area contributed by atoms with Crippen LogP contribution in [0.2, 0.25) is 0 Å². The third-order valence-corrected chi connectivity index (χ3v) is 10.8. The Kier molecular flexibility index (Phi) is 23.8. The Morgan fingerprint density at radius 2 is 1.15 bits per heavy atom. The van der Waals surface area contributed by atoms with Gasteiger partial charge in [0.2, 0.25) is 17.4 Å². The van der Waals surface area contributed by atoms with E-state index in [0.717, 1.165) is 12.1 Å². The first-order chi connectivity index (χ1) is 30.3. The molecule has 28 heteroatoms. The number of ether oxygens (including phenoxy) is 1. The number of halogens is 9. The number of amidine groups is 1. The average molecular weight is 1330 g/mol. The largest absolute Gasteiger partial charge is 0.573 e. The summed E-state index contributed by atoms with van der Waals surface area (Å²) in [6, 6.07) is 14.2. The number of nitrogens with two attached hydrogens (primary N) is 1. The highest BCUT2D eigenvalue weighted by Crippen LogP contribution is 2.38. The predicted octanol–water partition coefficient (Wildman–Crippen LogP) is 11.2. The maximum absolute atomic E-state index is 12.3. The van der Waals surface area contributed by atoms with Crippen molar-refractivity contribution in [3.63, 3.8) is 0 Å². The lowest BCUT2D eigenvalue weighted by molar-refractivity contribution is -0.274. The number of carbonyl (C=O) groups is 4. The Bertz CT molecular complexity index is 2690. The van der Waals surface area contributed by atoms with E-state index in [1.807, 2.05) is 0 Å². The molecule has 8 N–H and O–H groups in total. The third kappa shape index (κ3) is 18.3. The number of benzene rings is 4. The minimum atomic E-state index is -4.80. The zero-order chi connectivity index (χ0) is 48.9. The second-order valence-electron chi connectivity index (χ2n) is 12.0. The molecule has 0 aliphatic rings. The number of Topliss-reactive ketones (excluding diaryl/α,β-unsaturated/α-hetero) is 2. The summed E-state index contributed by atoms with van der Waals surface area (Å²) in [6.45, 7) is 2.50. The second kappa shape index (κ2) is 26.8. The average Bonchev–Trinajstić information content (AvgIpc) is 3.94. The van der Waals surface area contributed by atoms with Crippen LogP contribution in [-0.2, 0) is 11.3 Å². The third-order valence-electron chi connectivity index (χ3n) is 7.22. The Morgan fingerprint density at radius 1 is 0.731 bits per heavy atom. The van der Waals surface area contributed by atoms with Crippen molar-refractivity contribution in [1.29, 1.82) is 0 Å². The van der Waals surface area contributed by atoms with Crippen molar-refractivity contribution < 1.29 is 71.8 Å². The first-order valence-corrected chi connectivity index (χ1v) is 21.6. The molecule has 0 aliphatic heterocycles. The molecule has 0 fully saturated rings. The van der Waals surface area contributed by atoms with Gasteiger partial charge >= 0.3 is 12.3 Å². The molecule has 2 aromatic heterocycles. The van der Waals surface area contributed by atoms with E-state index in [0.29, 0.717) is 43.5 Å². The Hall–Kier alpha value is -5.42. The smallest absolute Gasteiger partial charge is 0.506 e. The summed E-state index contributed by atoms with van der Waals surface area (Å²) in [5.74, 6) is -3.07. The van der Waals surface area contributed by atoms with E-state index in [9.17, 15) is 47.7 Å². The van der Waals surface area contributed by atoms with E-state index < -0.39 is 29.8 Å². The normalized spacial score (nSPS) is 10.5. The number of carboxylic acid groups (broad SMARTS) is 1. The molecule has 0 aliphatic carbocycles. The molecule has 360 valence electrons. The van der Waals surface area contributed by atoms with Crippen molar-refractivity contribution in [2.24, 2.45) is 10.9 Å². The van der Waals surface area contributed by atoms with Crippen LogP contribution in [0.1, 0.15) is 65.9 Å². The highest BCUT2D eigenvalue weighted by Gasteiger charge is 2.31. The summed E-state index contributed by atoms with van der Waals surface area (Å²) in [5, 5.41) is 56.9. The molecule has 0 saturated heterocycles. The van der Waals surface area contributed by atoms with Crippen molar-refractivity contribution in [3.8, 4) is 45.9 Å². The maximum Gasteiger partial charge on any atom is 0.573 e. The number of rotatable bonds is 9. The summed E-state index contributed by atoms with van der Waals surface area (Å²) in [4.78, 5) is 51.6. The number of nitrogens with one attached hydrogen (secondary N) is 1. The number of aromatic carboxylic acids is 1. The molecule has 0 unspecified atom stereocenters. The number of phenolic OH excluding ortho intramolecular Hbond substituents is 3. The summed E-state index contributed by atoms with van der Waals surface area (Å²) >= 11 is 18.8. The lowest BCUT2D eigenvalue weighted by atomic mass is 10.2. The number of oxime groups is 1. The number of carbonyl (C=O) groups excluding carboxylic acids is 3. The monoisotopic (exact) mass is 1320 g/mol. The van der Waals surface area contributed by atoms with Gasteiger partial charge in [-0.25, -0.2) is 4.79 Å². The van der Waals surface area contributed by atoms with Crippen LogP contribution in [0.25, 0.3) is 22.9 Å². The molecular formula is C39H34Br6F3N7O12. The maximum atomic E-state index is 12.3. The zero-order valence-corrected chi connectivity index (χ0v) is 41.8. The molecular weight excluding hydrogens is 1290 g/mol. The van der Waals surface area contributed by atoms with Gasteiger partial charge in [-0.2, -0.15) is 9.97 Å². The van der Waals surface area contributed by atoms with Crippen LogP contribution in [0.4, 0.5) is 13.2 Å². The number of hydrogen-bond donors (Lipinski definition) is 7. The molecule has 4 aromatic carbocycles. The zero-order valence-electron chi connectivity index (χ0n) is 32.3. The number of hydrogen-bond acceptors (Lipinski definition) is 16. The number of alkyl halides is 3. The quantitative estimate of drug-likeness (QED) is 0.0233. The van der Waals surface area contributed by atoms with Gasteiger partial charge < -0.3 is 50.5 Å². The van der Waals surface area contributed by atoms with Gasteiger partial charge in [0.05, 0.1) is 32.4 Å². The highest BCUT2D eigenvalue weighted by molar-refractivity contribution is 9.12. The molecule has 6 aromatic rings. The molecule has 1 amide bonds. The van der Waals surface area contributed by atoms with Crippen LogP contribution in [0, 0.1) is 0 Å².